The van der Waals surface area contributed by atoms with E-state index in [1.165, 1.54) is 12.2 Å². The number of carbonyl (C=O) groups is 2. The third kappa shape index (κ3) is 5.36. The molecule has 0 saturated heterocycles. The highest BCUT2D eigenvalue weighted by atomic mass is 16.7. The second-order valence-corrected chi connectivity index (χ2v) is 8.29. The summed E-state index contributed by atoms with van der Waals surface area (Å²) in [6.45, 7) is 10.3. The van der Waals surface area contributed by atoms with Crippen LogP contribution in [0.2, 0.25) is 0 Å². The van der Waals surface area contributed by atoms with Crippen molar-refractivity contribution in [3.05, 3.63) is 0 Å². The van der Waals surface area contributed by atoms with Gasteiger partial charge in [-0.1, -0.05) is 13.8 Å². The van der Waals surface area contributed by atoms with Crippen LogP contribution in [0.5, 0.6) is 0 Å². The van der Waals surface area contributed by atoms with E-state index in [1.807, 2.05) is 20.8 Å². The van der Waals surface area contributed by atoms with E-state index in [0.717, 1.165) is 32.1 Å². The highest BCUT2D eigenvalue weighted by Gasteiger charge is 2.45. The van der Waals surface area contributed by atoms with Gasteiger partial charge >= 0.3 is 6.09 Å². The van der Waals surface area contributed by atoms with Crippen LogP contribution >= 0.6 is 0 Å². The molecule has 0 bridgehead atoms. The van der Waals surface area contributed by atoms with Gasteiger partial charge in [-0.25, -0.2) is 9.86 Å². The van der Waals surface area contributed by atoms with Crippen LogP contribution in [0.15, 0.2) is 0 Å². The second kappa shape index (κ2) is 7.72. The maximum atomic E-state index is 12.6. The summed E-state index contributed by atoms with van der Waals surface area (Å²) in [5, 5.41) is 4.22. The maximum absolute atomic E-state index is 12.6. The number of rotatable bonds is 5. The van der Waals surface area contributed by atoms with E-state index in [1.54, 1.807) is 7.05 Å². The first kappa shape index (κ1) is 20.7. The quantitative estimate of drug-likeness (QED) is 0.776. The molecule has 0 radical (unpaired) electrons. The Kier molecular flexibility index (Phi) is 6.67. The predicted molar refractivity (Wildman–Crippen MR) is 93.3 cm³/mol. The van der Waals surface area contributed by atoms with Crippen LogP contribution in [-0.4, -0.2) is 43.4 Å². The van der Waals surface area contributed by atoms with E-state index in [0.29, 0.717) is 6.54 Å². The maximum Gasteiger partial charge on any atom is 0.407 e. The Hall–Kier alpha value is -1.30. The summed E-state index contributed by atoms with van der Waals surface area (Å²) in [6, 6.07) is 0. The van der Waals surface area contributed by atoms with Crippen LogP contribution in [0, 0.1) is 10.8 Å². The van der Waals surface area contributed by atoms with E-state index < -0.39 is 5.60 Å². The molecule has 0 aromatic rings. The van der Waals surface area contributed by atoms with Gasteiger partial charge < -0.3 is 10.1 Å². The molecule has 0 aromatic carbocycles. The lowest BCUT2D eigenvalue weighted by atomic mass is 9.63. The van der Waals surface area contributed by atoms with Crippen LogP contribution in [0.4, 0.5) is 4.79 Å². The van der Waals surface area contributed by atoms with Crippen molar-refractivity contribution in [3.63, 3.8) is 0 Å². The SMILES string of the molecule is CCC1(C(=O)N(C)OC)CCC(C)(CNC(=O)OC(C)(C)C)CC1. The highest BCUT2D eigenvalue weighted by molar-refractivity contribution is 5.81. The van der Waals surface area contributed by atoms with Crippen LogP contribution in [0.1, 0.15) is 66.7 Å². The normalized spacial score (nSPS) is 27.5. The van der Waals surface area contributed by atoms with Crippen molar-refractivity contribution in [2.24, 2.45) is 10.8 Å². The Morgan fingerprint density at radius 1 is 1.17 bits per heavy atom. The molecule has 6 nitrogen and oxygen atoms in total. The van der Waals surface area contributed by atoms with E-state index in [4.69, 9.17) is 9.57 Å². The summed E-state index contributed by atoms with van der Waals surface area (Å²) < 4.78 is 5.29. The Balaban J connectivity index is 2.62. The molecule has 0 aliphatic heterocycles. The van der Waals surface area contributed by atoms with Gasteiger partial charge in [-0.3, -0.25) is 9.63 Å². The zero-order valence-corrected chi connectivity index (χ0v) is 16.3. The number of hydrogen-bond donors (Lipinski definition) is 1. The van der Waals surface area contributed by atoms with Crippen molar-refractivity contribution in [3.8, 4) is 0 Å². The summed E-state index contributed by atoms with van der Waals surface area (Å²) in [6.07, 6.45) is 3.81. The van der Waals surface area contributed by atoms with Crippen molar-refractivity contribution in [1.29, 1.82) is 0 Å². The monoisotopic (exact) mass is 342 g/mol. The van der Waals surface area contributed by atoms with Crippen molar-refractivity contribution < 1.29 is 19.2 Å². The van der Waals surface area contributed by atoms with Crippen LogP contribution in [0.25, 0.3) is 0 Å². The molecule has 6 heteroatoms. The molecule has 1 N–H and O–H groups in total. The molecule has 24 heavy (non-hydrogen) atoms. The van der Waals surface area contributed by atoms with Gasteiger partial charge in [0.25, 0.3) is 5.91 Å². The van der Waals surface area contributed by atoms with Crippen LogP contribution in [-0.2, 0) is 14.4 Å². The predicted octanol–water partition coefficient (Wildman–Crippen LogP) is 3.51. The molecule has 140 valence electrons. The van der Waals surface area contributed by atoms with Gasteiger partial charge in [-0.05, 0) is 58.3 Å². The van der Waals surface area contributed by atoms with E-state index >= 15 is 0 Å². The van der Waals surface area contributed by atoms with E-state index in [9.17, 15) is 9.59 Å². The highest BCUT2D eigenvalue weighted by Crippen LogP contribution is 2.47. The Bertz CT molecular complexity index is 448. The molecule has 1 aliphatic rings. The molecule has 2 amide bonds. The molecule has 1 fully saturated rings. The molecule has 1 saturated carbocycles. The third-order valence-electron chi connectivity index (χ3n) is 5.16. The number of alkyl carbamates (subject to hydrolysis) is 1. The van der Waals surface area contributed by atoms with Gasteiger partial charge in [-0.2, -0.15) is 0 Å². The van der Waals surface area contributed by atoms with Gasteiger partial charge in [0.15, 0.2) is 0 Å². The second-order valence-electron chi connectivity index (χ2n) is 8.29. The van der Waals surface area contributed by atoms with E-state index in [-0.39, 0.29) is 22.8 Å². The minimum absolute atomic E-state index is 0.0124. The summed E-state index contributed by atoms with van der Waals surface area (Å²) >= 11 is 0. The largest absolute Gasteiger partial charge is 0.444 e. The first-order valence-corrected chi connectivity index (χ1v) is 8.76. The van der Waals surface area contributed by atoms with Gasteiger partial charge in [-0.15, -0.1) is 0 Å². The fourth-order valence-electron chi connectivity index (χ4n) is 3.24. The average molecular weight is 342 g/mol. The molecule has 1 rings (SSSR count). The van der Waals surface area contributed by atoms with Crippen molar-refractivity contribution in [2.45, 2.75) is 72.3 Å². The summed E-state index contributed by atoms with van der Waals surface area (Å²) in [7, 11) is 3.18. The van der Waals surface area contributed by atoms with Gasteiger partial charge in [0, 0.05) is 13.6 Å². The molecule has 0 heterocycles. The number of amides is 2. The number of carbonyl (C=O) groups excluding carboxylic acids is 2. The molecule has 0 atom stereocenters. The molecule has 0 aromatic heterocycles. The lowest BCUT2D eigenvalue weighted by Crippen LogP contribution is -2.47. The smallest absolute Gasteiger partial charge is 0.407 e. The summed E-state index contributed by atoms with van der Waals surface area (Å²) in [5.41, 5.74) is -0.857. The minimum atomic E-state index is -0.494. The fourth-order valence-corrected chi connectivity index (χ4v) is 3.24. The number of nitrogens with one attached hydrogen (secondary N) is 1. The zero-order chi connectivity index (χ0) is 18.6. The summed E-state index contributed by atoms with van der Waals surface area (Å²) in [5.74, 6) is 0.0506. The number of nitrogens with zero attached hydrogens (tertiary/aromatic N) is 1. The van der Waals surface area contributed by atoms with Crippen molar-refractivity contribution in [2.75, 3.05) is 20.7 Å². The zero-order valence-electron chi connectivity index (χ0n) is 16.3. The standard InChI is InChI=1S/C18H34N2O4/c1-8-18(14(21)20(6)23-7)11-9-17(5,10-12-18)13-19-15(22)24-16(2,3)4/h8-13H2,1-7H3,(H,19,22). The Morgan fingerprint density at radius 2 is 1.71 bits per heavy atom. The molecule has 1 aliphatic carbocycles. The number of hydrogen-bond acceptors (Lipinski definition) is 4. The van der Waals surface area contributed by atoms with Gasteiger partial charge in [0.1, 0.15) is 5.60 Å². The summed E-state index contributed by atoms with van der Waals surface area (Å²) in [4.78, 5) is 29.6. The van der Waals surface area contributed by atoms with Crippen molar-refractivity contribution in [1.82, 2.24) is 10.4 Å². The number of hydroxylamine groups is 2. The Labute approximate surface area is 146 Å². The van der Waals surface area contributed by atoms with Crippen LogP contribution in [0.3, 0.4) is 0 Å². The Morgan fingerprint density at radius 3 is 2.12 bits per heavy atom. The first-order valence-electron chi connectivity index (χ1n) is 8.76. The van der Waals surface area contributed by atoms with Crippen LogP contribution < -0.4 is 5.32 Å². The molecule has 0 spiro atoms. The lowest BCUT2D eigenvalue weighted by Gasteiger charge is -2.44. The third-order valence-corrected chi connectivity index (χ3v) is 5.16. The van der Waals surface area contributed by atoms with Gasteiger partial charge in [0.2, 0.25) is 0 Å². The molecular weight excluding hydrogens is 308 g/mol. The average Bonchev–Trinajstić information content (AvgIpc) is 2.51. The number of ether oxygens (including phenoxy) is 1. The minimum Gasteiger partial charge on any atom is -0.444 e. The first-order chi connectivity index (χ1) is 11.0. The molecule has 0 unspecified atom stereocenters. The topological polar surface area (TPSA) is 67.9 Å². The van der Waals surface area contributed by atoms with E-state index in [2.05, 4.69) is 19.2 Å². The fraction of sp³-hybridized carbons (Fsp3) is 0.889. The molecular formula is C18H34N2O4. The van der Waals surface area contributed by atoms with Gasteiger partial charge in [0.05, 0.1) is 12.5 Å². The van der Waals surface area contributed by atoms with Crippen molar-refractivity contribution >= 4 is 12.0 Å². The lowest BCUT2D eigenvalue weighted by molar-refractivity contribution is -0.184.